The van der Waals surface area contributed by atoms with Gasteiger partial charge in [0, 0.05) is 0 Å². The first-order valence-electron chi connectivity index (χ1n) is 16.5. The molecule has 0 nitrogen and oxygen atoms in total. The third kappa shape index (κ3) is 2.89. The molecule has 37 heavy (non-hydrogen) atoms. The fourth-order valence-corrected chi connectivity index (χ4v) is 14.4. The summed E-state index contributed by atoms with van der Waals surface area (Å²) >= 11 is 0. The van der Waals surface area contributed by atoms with Crippen LogP contribution in [-0.2, 0) is 0 Å². The Kier molecular flexibility index (Phi) is 5.73. The second-order valence-corrected chi connectivity index (χ2v) is 19.5. The molecule has 0 heterocycles. The van der Waals surface area contributed by atoms with Crippen molar-refractivity contribution < 1.29 is 0 Å². The summed E-state index contributed by atoms with van der Waals surface area (Å²) < 4.78 is 0. The second-order valence-electron chi connectivity index (χ2n) is 19.5. The van der Waals surface area contributed by atoms with Crippen molar-refractivity contribution in [1.82, 2.24) is 0 Å². The Morgan fingerprint density at radius 1 is 0.541 bits per heavy atom. The van der Waals surface area contributed by atoms with E-state index in [1.807, 2.05) is 0 Å². The summed E-state index contributed by atoms with van der Waals surface area (Å²) in [6.07, 6.45) is 11.6. The molecule has 5 aliphatic carbocycles. The molecule has 0 amide bonds. The molecule has 0 aromatic rings. The molecule has 5 rings (SSSR count). The van der Waals surface area contributed by atoms with Crippen LogP contribution in [0, 0.1) is 78.3 Å². The number of hydrogen-bond donors (Lipinski definition) is 0. The Bertz CT molecular complexity index is 949. The van der Waals surface area contributed by atoms with Crippen molar-refractivity contribution in [2.24, 2.45) is 78.3 Å². The molecule has 0 radical (unpaired) electrons. The molecule has 0 bridgehead atoms. The maximum atomic E-state index is 2.84. The van der Waals surface area contributed by atoms with E-state index in [1.54, 1.807) is 0 Å². The predicted octanol–water partition coefficient (Wildman–Crippen LogP) is 11.4. The zero-order valence-electron chi connectivity index (χ0n) is 28.0. The van der Waals surface area contributed by atoms with Gasteiger partial charge < -0.3 is 0 Å². The Labute approximate surface area is 233 Å². The lowest BCUT2D eigenvalue weighted by Crippen LogP contribution is -2.74. The van der Waals surface area contributed by atoms with E-state index in [0.717, 1.165) is 29.6 Å². The molecular weight excluding hydrogens is 444 g/mol. The van der Waals surface area contributed by atoms with E-state index in [9.17, 15) is 0 Å². The SMILES string of the molecule is CC1CC2[C@@]3(C)CC[C@H](C)C(C)(C)C3CC[C@@]2(C)[C@]2(C)CC[C@@]3(C)C(C)(C)C(C)(C)C(C)(C)C[C@@]3(C)C12. The van der Waals surface area contributed by atoms with E-state index >= 15 is 0 Å². The third-order valence-corrected chi connectivity index (χ3v) is 18.3. The first-order chi connectivity index (χ1) is 16.5. The van der Waals surface area contributed by atoms with Crippen molar-refractivity contribution in [3.8, 4) is 0 Å². The summed E-state index contributed by atoms with van der Waals surface area (Å²) in [5.74, 6) is 4.29. The van der Waals surface area contributed by atoms with Crippen molar-refractivity contribution in [1.29, 1.82) is 0 Å². The predicted molar refractivity (Wildman–Crippen MR) is 161 cm³/mol. The molecule has 0 aromatic carbocycles. The van der Waals surface area contributed by atoms with Crippen LogP contribution >= 0.6 is 0 Å². The van der Waals surface area contributed by atoms with Crippen molar-refractivity contribution in [3.05, 3.63) is 0 Å². The molecule has 0 heteroatoms. The maximum absolute atomic E-state index is 2.84. The van der Waals surface area contributed by atoms with E-state index < -0.39 is 0 Å². The van der Waals surface area contributed by atoms with Gasteiger partial charge in [0.2, 0.25) is 0 Å². The highest BCUT2D eigenvalue weighted by Crippen LogP contribution is 2.84. The quantitative estimate of drug-likeness (QED) is 0.304. The van der Waals surface area contributed by atoms with Gasteiger partial charge in [0.05, 0.1) is 0 Å². The van der Waals surface area contributed by atoms with Crippen LogP contribution < -0.4 is 0 Å². The lowest BCUT2D eigenvalue weighted by atomic mass is 9.23. The van der Waals surface area contributed by atoms with Gasteiger partial charge in [-0.25, -0.2) is 0 Å². The zero-order valence-corrected chi connectivity index (χ0v) is 28.0. The molecule has 10 atom stereocenters. The highest BCUT2D eigenvalue weighted by Gasteiger charge is 2.77. The Balaban J connectivity index is 1.64. The van der Waals surface area contributed by atoms with E-state index in [1.165, 1.54) is 51.4 Å². The molecule has 0 saturated heterocycles. The molecule has 0 aliphatic heterocycles. The molecule has 214 valence electrons. The third-order valence-electron chi connectivity index (χ3n) is 18.3. The van der Waals surface area contributed by atoms with Gasteiger partial charge in [0.1, 0.15) is 0 Å². The Morgan fingerprint density at radius 3 is 1.73 bits per heavy atom. The fourth-order valence-electron chi connectivity index (χ4n) is 14.4. The molecule has 0 aromatic heterocycles. The minimum atomic E-state index is 0.308. The molecule has 5 saturated carbocycles. The summed E-state index contributed by atoms with van der Waals surface area (Å²) in [6, 6.07) is 0. The highest BCUT2D eigenvalue weighted by atomic mass is 14.8. The Hall–Kier alpha value is 0. The van der Waals surface area contributed by atoms with Gasteiger partial charge in [0.15, 0.2) is 0 Å². The number of hydrogen-bond acceptors (Lipinski definition) is 0. The van der Waals surface area contributed by atoms with E-state index in [-0.39, 0.29) is 0 Å². The van der Waals surface area contributed by atoms with Gasteiger partial charge in [-0.2, -0.15) is 0 Å². The molecule has 0 spiro atoms. The summed E-state index contributed by atoms with van der Waals surface area (Å²) in [6.45, 7) is 40.4. The Morgan fingerprint density at radius 2 is 1.14 bits per heavy atom. The lowest BCUT2D eigenvalue weighted by Gasteiger charge is -2.81. The standard InChI is InChI=1S/C37H66/c1-24-22-27-33(11)18-16-25(2)30(5,6)26(33)17-19-34(27,12)35(13)20-21-37(15)32(9,10)31(7,8)29(3,4)23-36(37,14)28(24)35/h24-28H,16-23H2,1-15H3/t24?,25-,26?,27?,28?,33-,34+,35+,36-,37-/m0/s1. The largest absolute Gasteiger partial charge is 0.0622 e. The second kappa shape index (κ2) is 7.44. The molecule has 5 fully saturated rings. The lowest BCUT2D eigenvalue weighted by molar-refractivity contribution is -0.327. The molecule has 5 aliphatic rings. The van der Waals surface area contributed by atoms with Gasteiger partial charge in [-0.05, 0) is 130 Å². The minimum Gasteiger partial charge on any atom is -0.0622 e. The molecular formula is C37H66. The fraction of sp³-hybridized carbons (Fsp3) is 1.00. The first kappa shape index (κ1) is 28.5. The van der Waals surface area contributed by atoms with E-state index in [4.69, 9.17) is 0 Å². The molecule has 0 N–H and O–H groups in total. The highest BCUT2D eigenvalue weighted by molar-refractivity contribution is 5.25. The summed E-state index contributed by atoms with van der Waals surface area (Å²) in [5, 5.41) is 0. The summed E-state index contributed by atoms with van der Waals surface area (Å²) in [7, 11) is 0. The normalized spacial score (nSPS) is 57.3. The smallest absolute Gasteiger partial charge is 0.0212 e. The topological polar surface area (TPSA) is 0 Å². The van der Waals surface area contributed by atoms with Crippen LogP contribution in [0.5, 0.6) is 0 Å². The van der Waals surface area contributed by atoms with Gasteiger partial charge in [-0.3, -0.25) is 0 Å². The first-order valence-corrected chi connectivity index (χ1v) is 16.5. The average Bonchev–Trinajstić information content (AvgIpc) is 2.74. The van der Waals surface area contributed by atoms with Gasteiger partial charge in [0.25, 0.3) is 0 Å². The van der Waals surface area contributed by atoms with E-state index in [2.05, 4.69) is 104 Å². The van der Waals surface area contributed by atoms with Crippen molar-refractivity contribution in [2.75, 3.05) is 0 Å². The number of fused-ring (bicyclic) bond motifs is 7. The van der Waals surface area contributed by atoms with Crippen LogP contribution in [0.1, 0.15) is 155 Å². The zero-order chi connectivity index (χ0) is 28.0. The van der Waals surface area contributed by atoms with Crippen LogP contribution in [0.15, 0.2) is 0 Å². The molecule has 4 unspecified atom stereocenters. The van der Waals surface area contributed by atoms with Crippen molar-refractivity contribution in [2.45, 2.75) is 155 Å². The monoisotopic (exact) mass is 511 g/mol. The van der Waals surface area contributed by atoms with Gasteiger partial charge in [-0.1, -0.05) is 104 Å². The summed E-state index contributed by atoms with van der Waals surface area (Å²) in [5.41, 5.74) is 3.64. The van der Waals surface area contributed by atoms with Crippen LogP contribution in [0.25, 0.3) is 0 Å². The summed E-state index contributed by atoms with van der Waals surface area (Å²) in [4.78, 5) is 0. The van der Waals surface area contributed by atoms with Crippen LogP contribution in [0.3, 0.4) is 0 Å². The van der Waals surface area contributed by atoms with Crippen molar-refractivity contribution >= 4 is 0 Å². The van der Waals surface area contributed by atoms with Gasteiger partial charge in [-0.15, -0.1) is 0 Å². The van der Waals surface area contributed by atoms with Gasteiger partial charge >= 0.3 is 0 Å². The van der Waals surface area contributed by atoms with E-state index in [0.29, 0.717) is 48.7 Å². The minimum absolute atomic E-state index is 0.308. The van der Waals surface area contributed by atoms with Crippen LogP contribution in [0.4, 0.5) is 0 Å². The average molecular weight is 511 g/mol. The van der Waals surface area contributed by atoms with Crippen LogP contribution in [0.2, 0.25) is 0 Å². The maximum Gasteiger partial charge on any atom is -0.0212 e. The van der Waals surface area contributed by atoms with Crippen molar-refractivity contribution in [3.63, 3.8) is 0 Å². The van der Waals surface area contributed by atoms with Crippen LogP contribution in [-0.4, -0.2) is 0 Å². The number of rotatable bonds is 0.